The minimum Gasteiger partial charge on any atom is -0.343 e. The average Bonchev–Trinajstić information content (AvgIpc) is 3.56. The van der Waals surface area contributed by atoms with E-state index in [9.17, 15) is 4.79 Å². The first-order chi connectivity index (χ1) is 18.1. The molecular formula is C27H32N8OS. The Hall–Kier alpha value is -3.68. The molecule has 0 unspecified atom stereocenters. The zero-order valence-electron chi connectivity index (χ0n) is 21.1. The van der Waals surface area contributed by atoms with E-state index in [0.717, 1.165) is 59.2 Å². The van der Waals surface area contributed by atoms with Crippen LogP contribution in [-0.4, -0.2) is 75.0 Å². The lowest BCUT2D eigenvalue weighted by atomic mass is 10.1. The van der Waals surface area contributed by atoms with Gasteiger partial charge in [0.15, 0.2) is 0 Å². The molecule has 2 aliphatic heterocycles. The van der Waals surface area contributed by atoms with Crippen LogP contribution in [0.1, 0.15) is 48.9 Å². The van der Waals surface area contributed by atoms with Crippen molar-refractivity contribution in [2.24, 2.45) is 0 Å². The molecule has 0 aliphatic carbocycles. The quantitative estimate of drug-likeness (QED) is 0.408. The van der Waals surface area contributed by atoms with E-state index in [2.05, 4.69) is 53.5 Å². The minimum atomic E-state index is 0.0116. The maximum Gasteiger partial charge on any atom is 0.317 e. The second-order valence-corrected chi connectivity index (χ2v) is 10.3. The van der Waals surface area contributed by atoms with Gasteiger partial charge in [0, 0.05) is 37.6 Å². The highest BCUT2D eigenvalue weighted by Gasteiger charge is 2.20. The fraction of sp³-hybridized carbons (Fsp3) is 0.407. The number of nitrogens with zero attached hydrogens (tertiary/aromatic N) is 5. The molecule has 1 saturated heterocycles. The predicted octanol–water partition coefficient (Wildman–Crippen LogP) is 4.15. The van der Waals surface area contributed by atoms with Gasteiger partial charge in [0.2, 0.25) is 0 Å². The number of likely N-dealkylation sites (tertiary alicyclic amines) is 1. The van der Waals surface area contributed by atoms with E-state index in [1.807, 2.05) is 17.9 Å². The molecule has 37 heavy (non-hydrogen) atoms. The van der Waals surface area contributed by atoms with Gasteiger partial charge in [0.25, 0.3) is 0 Å². The monoisotopic (exact) mass is 516 g/mol. The molecule has 192 valence electrons. The van der Waals surface area contributed by atoms with Gasteiger partial charge >= 0.3 is 6.03 Å². The molecule has 0 saturated carbocycles. The second kappa shape index (κ2) is 11.6. The number of piperidine rings is 1. The number of H-pyrrole nitrogens is 1. The van der Waals surface area contributed by atoms with Crippen LogP contribution in [0.25, 0.3) is 22.7 Å². The summed E-state index contributed by atoms with van der Waals surface area (Å²) in [5.74, 6) is 3.33. The molecule has 3 aromatic rings. The highest BCUT2D eigenvalue weighted by Crippen LogP contribution is 2.28. The van der Waals surface area contributed by atoms with Crippen LogP contribution in [0.2, 0.25) is 0 Å². The van der Waals surface area contributed by atoms with Crippen molar-refractivity contribution in [2.75, 3.05) is 44.6 Å². The fourth-order valence-corrected chi connectivity index (χ4v) is 5.55. The summed E-state index contributed by atoms with van der Waals surface area (Å²) in [4.78, 5) is 34.4. The zero-order chi connectivity index (χ0) is 25.6. The molecule has 1 fully saturated rings. The number of fused-ring (bicyclic) bond motifs is 1. The summed E-state index contributed by atoms with van der Waals surface area (Å²) in [6.07, 6.45) is 15.8. The van der Waals surface area contributed by atoms with E-state index < -0.39 is 0 Å². The normalized spacial score (nSPS) is 16.9. The summed E-state index contributed by atoms with van der Waals surface area (Å²) in [6.45, 7) is 7.16. The van der Waals surface area contributed by atoms with Gasteiger partial charge in [-0.05, 0) is 62.9 Å². The molecule has 0 atom stereocenters. The lowest BCUT2D eigenvalue weighted by Crippen LogP contribution is -2.45. The number of carbonyl (C=O) groups is 1. The zero-order valence-corrected chi connectivity index (χ0v) is 21.9. The number of amides is 2. The number of hydrogen-bond acceptors (Lipinski definition) is 7. The molecule has 0 aromatic carbocycles. The van der Waals surface area contributed by atoms with Crippen LogP contribution in [0, 0.1) is 12.3 Å². The van der Waals surface area contributed by atoms with E-state index in [-0.39, 0.29) is 6.03 Å². The van der Waals surface area contributed by atoms with Gasteiger partial charge in [-0.15, -0.1) is 17.8 Å². The summed E-state index contributed by atoms with van der Waals surface area (Å²) < 4.78 is 0. The number of anilines is 1. The SMILES string of the molecule is C#Cc1ncsc1/C=C(\C)Nc1ncnc2[nH]c(C3=CCN(C(=O)NCCN4CCCCC4)CC3)cc12. The third-order valence-electron chi connectivity index (χ3n) is 6.82. The van der Waals surface area contributed by atoms with Gasteiger partial charge < -0.3 is 25.4 Å². The van der Waals surface area contributed by atoms with Crippen LogP contribution in [0.5, 0.6) is 0 Å². The van der Waals surface area contributed by atoms with Crippen LogP contribution in [0.3, 0.4) is 0 Å². The number of thiazole rings is 1. The molecule has 3 aromatic heterocycles. The number of allylic oxidation sites excluding steroid dienone is 1. The van der Waals surface area contributed by atoms with Crippen LogP contribution in [0.4, 0.5) is 10.6 Å². The summed E-state index contributed by atoms with van der Waals surface area (Å²) in [7, 11) is 0. The molecule has 3 N–H and O–H groups in total. The van der Waals surface area contributed by atoms with Crippen molar-refractivity contribution < 1.29 is 4.79 Å². The Labute approximate surface area is 221 Å². The van der Waals surface area contributed by atoms with E-state index >= 15 is 0 Å². The van der Waals surface area contributed by atoms with Gasteiger partial charge in [0.1, 0.15) is 23.5 Å². The van der Waals surface area contributed by atoms with Crippen LogP contribution >= 0.6 is 11.3 Å². The first-order valence-corrected chi connectivity index (χ1v) is 13.6. The summed E-state index contributed by atoms with van der Waals surface area (Å²) >= 11 is 1.50. The predicted molar refractivity (Wildman–Crippen MR) is 149 cm³/mol. The molecule has 0 bridgehead atoms. The summed E-state index contributed by atoms with van der Waals surface area (Å²) in [5, 5.41) is 7.37. The molecular weight excluding hydrogens is 484 g/mol. The number of nitrogens with one attached hydrogen (secondary N) is 3. The van der Waals surface area contributed by atoms with Gasteiger partial charge in [-0.3, -0.25) is 0 Å². The van der Waals surface area contributed by atoms with Crippen molar-refractivity contribution in [1.82, 2.24) is 35.1 Å². The number of hydrogen-bond donors (Lipinski definition) is 3. The van der Waals surface area contributed by atoms with E-state index in [1.54, 1.807) is 11.8 Å². The Morgan fingerprint density at radius 1 is 1.24 bits per heavy atom. The number of rotatable bonds is 7. The van der Waals surface area contributed by atoms with Crippen LogP contribution < -0.4 is 10.6 Å². The molecule has 10 heteroatoms. The number of urea groups is 1. The maximum absolute atomic E-state index is 12.6. The lowest BCUT2D eigenvalue weighted by Gasteiger charge is -2.28. The number of aromatic nitrogens is 4. The third-order valence-corrected chi connectivity index (χ3v) is 7.59. The van der Waals surface area contributed by atoms with Crippen molar-refractivity contribution >= 4 is 45.9 Å². The summed E-state index contributed by atoms with van der Waals surface area (Å²) in [6, 6.07) is 2.09. The van der Waals surface area contributed by atoms with Crippen LogP contribution in [0.15, 0.2) is 29.7 Å². The molecule has 0 radical (unpaired) electrons. The van der Waals surface area contributed by atoms with Gasteiger partial charge in [-0.2, -0.15) is 0 Å². The van der Waals surface area contributed by atoms with Gasteiger partial charge in [-0.1, -0.05) is 12.5 Å². The highest BCUT2D eigenvalue weighted by atomic mass is 32.1. The third kappa shape index (κ3) is 6.01. The molecule has 5 heterocycles. The van der Waals surface area contributed by atoms with Crippen molar-refractivity contribution in [2.45, 2.75) is 32.6 Å². The Kier molecular flexibility index (Phi) is 7.82. The molecule has 5 rings (SSSR count). The van der Waals surface area contributed by atoms with E-state index in [0.29, 0.717) is 25.3 Å². The molecule has 2 amide bonds. The van der Waals surface area contributed by atoms with Crippen molar-refractivity contribution in [3.8, 4) is 12.3 Å². The smallest absolute Gasteiger partial charge is 0.317 e. The number of carbonyl (C=O) groups excluding carboxylic acids is 1. The van der Waals surface area contributed by atoms with E-state index in [1.165, 1.54) is 36.2 Å². The Bertz CT molecular complexity index is 1360. The fourth-order valence-electron chi connectivity index (χ4n) is 4.81. The topological polar surface area (TPSA) is 102 Å². The largest absolute Gasteiger partial charge is 0.343 e. The average molecular weight is 517 g/mol. The molecule has 0 spiro atoms. The highest BCUT2D eigenvalue weighted by molar-refractivity contribution is 7.10. The van der Waals surface area contributed by atoms with Gasteiger partial charge in [-0.25, -0.2) is 19.7 Å². The minimum absolute atomic E-state index is 0.0116. The number of aromatic amines is 1. The number of terminal acetylenes is 1. The van der Waals surface area contributed by atoms with Crippen molar-refractivity contribution in [3.05, 3.63) is 45.9 Å². The Morgan fingerprint density at radius 2 is 2.11 bits per heavy atom. The maximum atomic E-state index is 12.6. The second-order valence-electron chi connectivity index (χ2n) is 9.39. The standard InChI is InChI=1S/C27H32N8OS/c1-3-22-24(37-18-31-22)15-19(2)32-25-21-16-23(33-26(21)30-17-29-25)20-7-12-35(13-8-20)27(36)28-9-14-34-10-5-4-6-11-34/h1,7,15-18H,4-6,8-14H2,2H3,(H,28,36)(H2,29,30,32,33)/b19-15+. The van der Waals surface area contributed by atoms with Crippen LogP contribution in [-0.2, 0) is 0 Å². The van der Waals surface area contributed by atoms with Crippen molar-refractivity contribution in [1.29, 1.82) is 0 Å². The summed E-state index contributed by atoms with van der Waals surface area (Å²) in [5.41, 5.74) is 6.23. The van der Waals surface area contributed by atoms with Gasteiger partial charge in [0.05, 0.1) is 15.8 Å². The first kappa shape index (κ1) is 25.0. The lowest BCUT2D eigenvalue weighted by molar-refractivity contribution is 0.195. The molecule has 9 nitrogen and oxygen atoms in total. The first-order valence-electron chi connectivity index (χ1n) is 12.7. The van der Waals surface area contributed by atoms with Crippen molar-refractivity contribution in [3.63, 3.8) is 0 Å². The Balaban J connectivity index is 1.21. The van der Waals surface area contributed by atoms with E-state index in [4.69, 9.17) is 6.42 Å². The Morgan fingerprint density at radius 3 is 2.89 bits per heavy atom. The molecule has 2 aliphatic rings.